The lowest BCUT2D eigenvalue weighted by molar-refractivity contribution is -0.151. The van der Waals surface area contributed by atoms with Gasteiger partial charge < -0.3 is 0 Å². The molecule has 1 aliphatic heterocycles. The third-order valence-corrected chi connectivity index (χ3v) is 2.43. The Bertz CT molecular complexity index is 201. The number of amides is 2. The van der Waals surface area contributed by atoms with Gasteiger partial charge in [0.15, 0.2) is 0 Å². The number of nitrogens with zero attached hydrogens (tertiary/aromatic N) is 1. The molecule has 2 amide bonds. The van der Waals surface area contributed by atoms with Crippen molar-refractivity contribution >= 4 is 11.8 Å². The predicted molar refractivity (Wildman–Crippen MR) is 45.4 cm³/mol. The molecule has 68 valence electrons. The van der Waals surface area contributed by atoms with E-state index < -0.39 is 0 Å². The van der Waals surface area contributed by atoms with E-state index in [1.807, 2.05) is 13.8 Å². The van der Waals surface area contributed by atoms with Crippen molar-refractivity contribution in [2.45, 2.75) is 33.1 Å². The van der Waals surface area contributed by atoms with Crippen molar-refractivity contribution in [1.29, 1.82) is 0 Å². The zero-order valence-corrected chi connectivity index (χ0v) is 7.67. The number of hydrogen-bond donors (Lipinski definition) is 0. The van der Waals surface area contributed by atoms with Crippen molar-refractivity contribution in [3.8, 4) is 0 Å². The molecule has 0 bridgehead atoms. The molecule has 3 nitrogen and oxygen atoms in total. The van der Waals surface area contributed by atoms with Crippen molar-refractivity contribution in [2.75, 3.05) is 6.54 Å². The van der Waals surface area contributed by atoms with Gasteiger partial charge in [0.2, 0.25) is 11.8 Å². The topological polar surface area (TPSA) is 37.4 Å². The van der Waals surface area contributed by atoms with E-state index in [1.165, 1.54) is 4.90 Å². The van der Waals surface area contributed by atoms with Crippen LogP contribution in [0.1, 0.15) is 33.1 Å². The summed E-state index contributed by atoms with van der Waals surface area (Å²) in [6, 6.07) is 0. The van der Waals surface area contributed by atoms with E-state index in [2.05, 4.69) is 0 Å². The van der Waals surface area contributed by atoms with Crippen LogP contribution >= 0.6 is 0 Å². The third kappa shape index (κ3) is 1.49. The van der Waals surface area contributed by atoms with Gasteiger partial charge in [-0.1, -0.05) is 6.92 Å². The fourth-order valence-electron chi connectivity index (χ4n) is 1.61. The first-order chi connectivity index (χ1) is 5.70. The van der Waals surface area contributed by atoms with Crippen molar-refractivity contribution in [2.24, 2.45) is 5.92 Å². The van der Waals surface area contributed by atoms with Gasteiger partial charge in [0.05, 0.1) is 0 Å². The van der Waals surface area contributed by atoms with E-state index in [9.17, 15) is 9.59 Å². The Hall–Kier alpha value is -0.860. The minimum Gasteiger partial charge on any atom is -0.283 e. The molecule has 0 N–H and O–H groups in total. The van der Waals surface area contributed by atoms with Crippen LogP contribution in [0.25, 0.3) is 0 Å². The summed E-state index contributed by atoms with van der Waals surface area (Å²) in [4.78, 5) is 24.1. The second-order valence-corrected chi connectivity index (χ2v) is 3.12. The zero-order chi connectivity index (χ0) is 9.14. The number of likely N-dealkylation sites (tertiary alicyclic amines) is 1. The molecule has 1 atom stereocenters. The fraction of sp³-hybridized carbons (Fsp3) is 0.778. The second-order valence-electron chi connectivity index (χ2n) is 3.12. The molecule has 0 aromatic heterocycles. The molecule has 12 heavy (non-hydrogen) atoms. The fourth-order valence-corrected chi connectivity index (χ4v) is 1.61. The molecule has 3 heteroatoms. The highest BCUT2D eigenvalue weighted by atomic mass is 16.2. The summed E-state index contributed by atoms with van der Waals surface area (Å²) < 4.78 is 0. The summed E-state index contributed by atoms with van der Waals surface area (Å²) in [7, 11) is 0. The van der Waals surface area contributed by atoms with E-state index >= 15 is 0 Å². The maximum absolute atomic E-state index is 11.5. The molecular formula is C9H15NO2. The molecular weight excluding hydrogens is 154 g/mol. The summed E-state index contributed by atoms with van der Waals surface area (Å²) in [6.07, 6.45) is 2.13. The molecule has 0 radical (unpaired) electrons. The number of carbonyl (C=O) groups is 2. The monoisotopic (exact) mass is 169 g/mol. The van der Waals surface area contributed by atoms with Gasteiger partial charge in [0, 0.05) is 18.9 Å². The van der Waals surface area contributed by atoms with Gasteiger partial charge in [-0.2, -0.15) is 0 Å². The number of rotatable bonds is 2. The maximum atomic E-state index is 11.5. The van der Waals surface area contributed by atoms with Gasteiger partial charge in [0.25, 0.3) is 0 Å². The number of carbonyl (C=O) groups excluding carboxylic acids is 2. The number of imide groups is 1. The predicted octanol–water partition coefficient (Wildman–Crippen LogP) is 1.18. The molecule has 1 unspecified atom stereocenters. The summed E-state index contributed by atoms with van der Waals surface area (Å²) in [5, 5.41) is 0. The highest BCUT2D eigenvalue weighted by molar-refractivity contribution is 5.98. The van der Waals surface area contributed by atoms with Gasteiger partial charge >= 0.3 is 0 Å². The summed E-state index contributed by atoms with van der Waals surface area (Å²) in [5.74, 6) is 0.103. The molecule has 1 aliphatic rings. The van der Waals surface area contributed by atoms with Crippen LogP contribution in [0.5, 0.6) is 0 Å². The second kappa shape index (κ2) is 3.70. The Balaban J connectivity index is 2.70. The molecule has 1 saturated heterocycles. The molecule has 1 heterocycles. The summed E-state index contributed by atoms with van der Waals surface area (Å²) >= 11 is 0. The van der Waals surface area contributed by atoms with Crippen LogP contribution in [0, 0.1) is 5.92 Å². The number of hydrogen-bond acceptors (Lipinski definition) is 2. The Morgan fingerprint density at radius 2 is 2.08 bits per heavy atom. The van der Waals surface area contributed by atoms with E-state index in [0.717, 1.165) is 12.8 Å². The quantitative estimate of drug-likeness (QED) is 0.582. The molecule has 0 saturated carbocycles. The van der Waals surface area contributed by atoms with Crippen LogP contribution in [0.4, 0.5) is 0 Å². The lowest BCUT2D eigenvalue weighted by Crippen LogP contribution is -2.44. The standard InChI is InChI=1S/C9H15NO2/c1-3-7-5-6-8(11)10(4-2)9(7)12/h7H,3-6H2,1-2H3. The van der Waals surface area contributed by atoms with Crippen molar-refractivity contribution < 1.29 is 9.59 Å². The van der Waals surface area contributed by atoms with Crippen LogP contribution in [0.3, 0.4) is 0 Å². The van der Waals surface area contributed by atoms with Crippen LogP contribution in [-0.2, 0) is 9.59 Å². The van der Waals surface area contributed by atoms with Gasteiger partial charge in [-0.3, -0.25) is 14.5 Å². The van der Waals surface area contributed by atoms with Gasteiger partial charge in [-0.15, -0.1) is 0 Å². The minimum absolute atomic E-state index is 0.00722. The van der Waals surface area contributed by atoms with E-state index in [-0.39, 0.29) is 17.7 Å². The molecule has 0 aliphatic carbocycles. The van der Waals surface area contributed by atoms with Crippen LogP contribution in [0.2, 0.25) is 0 Å². The lowest BCUT2D eigenvalue weighted by Gasteiger charge is -2.28. The van der Waals surface area contributed by atoms with Gasteiger partial charge in [-0.05, 0) is 19.8 Å². The SMILES string of the molecule is CCC1CCC(=O)N(CC)C1=O. The largest absolute Gasteiger partial charge is 0.283 e. The van der Waals surface area contributed by atoms with Gasteiger partial charge in [0.1, 0.15) is 0 Å². The Morgan fingerprint density at radius 1 is 1.42 bits per heavy atom. The maximum Gasteiger partial charge on any atom is 0.232 e. The highest BCUT2D eigenvalue weighted by Gasteiger charge is 2.31. The molecule has 0 spiro atoms. The van der Waals surface area contributed by atoms with Gasteiger partial charge in [-0.25, -0.2) is 0 Å². The minimum atomic E-state index is -0.00722. The highest BCUT2D eigenvalue weighted by Crippen LogP contribution is 2.21. The zero-order valence-electron chi connectivity index (χ0n) is 7.67. The Morgan fingerprint density at radius 3 is 2.58 bits per heavy atom. The molecule has 1 fully saturated rings. The molecule has 0 aromatic carbocycles. The van der Waals surface area contributed by atoms with Crippen LogP contribution in [-0.4, -0.2) is 23.3 Å². The van der Waals surface area contributed by atoms with Crippen LogP contribution < -0.4 is 0 Å². The average molecular weight is 169 g/mol. The van der Waals surface area contributed by atoms with Crippen molar-refractivity contribution in [1.82, 2.24) is 4.90 Å². The summed E-state index contributed by atoms with van der Waals surface area (Å²) in [6.45, 7) is 4.36. The van der Waals surface area contributed by atoms with Crippen LogP contribution in [0.15, 0.2) is 0 Å². The van der Waals surface area contributed by atoms with E-state index in [4.69, 9.17) is 0 Å². The van der Waals surface area contributed by atoms with E-state index in [0.29, 0.717) is 13.0 Å². The lowest BCUT2D eigenvalue weighted by atomic mass is 9.94. The molecule has 1 rings (SSSR count). The Kier molecular flexibility index (Phi) is 2.84. The first-order valence-corrected chi connectivity index (χ1v) is 4.54. The van der Waals surface area contributed by atoms with E-state index in [1.54, 1.807) is 0 Å². The normalized spacial score (nSPS) is 24.8. The van der Waals surface area contributed by atoms with Crippen molar-refractivity contribution in [3.05, 3.63) is 0 Å². The van der Waals surface area contributed by atoms with Crippen molar-refractivity contribution in [3.63, 3.8) is 0 Å². The first kappa shape index (κ1) is 9.23. The molecule has 0 aromatic rings. The first-order valence-electron chi connectivity index (χ1n) is 4.54. The average Bonchev–Trinajstić information content (AvgIpc) is 2.06. The summed E-state index contributed by atoms with van der Waals surface area (Å²) in [5.41, 5.74) is 0. The Labute approximate surface area is 72.7 Å². The third-order valence-electron chi connectivity index (χ3n) is 2.43. The smallest absolute Gasteiger partial charge is 0.232 e. The number of piperidine rings is 1.